The summed E-state index contributed by atoms with van der Waals surface area (Å²) in [5.41, 5.74) is 1.10. The molecule has 0 aliphatic rings. The van der Waals surface area contributed by atoms with E-state index in [4.69, 9.17) is 4.74 Å². The third-order valence-electron chi connectivity index (χ3n) is 2.65. The zero-order valence-corrected chi connectivity index (χ0v) is 13.7. The quantitative estimate of drug-likeness (QED) is 0.779. The van der Waals surface area contributed by atoms with E-state index in [0.717, 1.165) is 15.9 Å². The van der Waals surface area contributed by atoms with Crippen LogP contribution in [0.1, 0.15) is 31.7 Å². The van der Waals surface area contributed by atoms with E-state index in [1.54, 1.807) is 11.3 Å². The number of ether oxygens (including phenoxy) is 1. The van der Waals surface area contributed by atoms with Crippen LogP contribution in [-0.4, -0.2) is 6.10 Å². The Labute approximate surface area is 126 Å². The second-order valence-corrected chi connectivity index (χ2v) is 6.49. The van der Waals surface area contributed by atoms with Crippen LogP contribution >= 0.6 is 27.3 Å². The highest BCUT2D eigenvalue weighted by atomic mass is 79.9. The fourth-order valence-electron chi connectivity index (χ4n) is 1.83. The minimum Gasteiger partial charge on any atom is -0.491 e. The third-order valence-corrected chi connectivity index (χ3v) is 4.70. The lowest BCUT2D eigenvalue weighted by atomic mass is 10.2. The van der Waals surface area contributed by atoms with E-state index in [1.807, 2.05) is 26.0 Å². The van der Waals surface area contributed by atoms with Crippen molar-refractivity contribution in [1.29, 1.82) is 0 Å². The highest BCUT2D eigenvalue weighted by molar-refractivity contribution is 9.10. The summed E-state index contributed by atoms with van der Waals surface area (Å²) >= 11 is 5.32. The molecule has 1 atom stereocenters. The second kappa shape index (κ2) is 6.44. The molecule has 19 heavy (non-hydrogen) atoms. The van der Waals surface area contributed by atoms with Crippen molar-refractivity contribution in [2.45, 2.75) is 32.9 Å². The van der Waals surface area contributed by atoms with Crippen molar-refractivity contribution in [2.75, 3.05) is 5.32 Å². The van der Waals surface area contributed by atoms with Gasteiger partial charge in [0.2, 0.25) is 0 Å². The highest BCUT2D eigenvalue weighted by Crippen LogP contribution is 2.31. The maximum Gasteiger partial charge on any atom is 0.119 e. The predicted molar refractivity (Wildman–Crippen MR) is 86.3 cm³/mol. The minimum atomic E-state index is 0.208. The summed E-state index contributed by atoms with van der Waals surface area (Å²) in [6.45, 7) is 6.22. The number of rotatable bonds is 5. The Kier molecular flexibility index (Phi) is 4.88. The van der Waals surface area contributed by atoms with E-state index < -0.39 is 0 Å². The van der Waals surface area contributed by atoms with Crippen LogP contribution in [0, 0.1) is 0 Å². The largest absolute Gasteiger partial charge is 0.491 e. The molecule has 0 bridgehead atoms. The molecule has 0 fully saturated rings. The molecule has 0 saturated carbocycles. The average Bonchev–Trinajstić information content (AvgIpc) is 2.77. The molecule has 0 spiro atoms. The number of thiophene rings is 1. The van der Waals surface area contributed by atoms with Gasteiger partial charge in [-0.2, -0.15) is 0 Å². The smallest absolute Gasteiger partial charge is 0.119 e. The van der Waals surface area contributed by atoms with E-state index in [-0.39, 0.29) is 12.1 Å². The van der Waals surface area contributed by atoms with Gasteiger partial charge in [0.25, 0.3) is 0 Å². The van der Waals surface area contributed by atoms with Crippen molar-refractivity contribution in [1.82, 2.24) is 0 Å². The number of anilines is 1. The van der Waals surface area contributed by atoms with Crippen molar-refractivity contribution < 1.29 is 4.74 Å². The molecule has 102 valence electrons. The SMILES string of the molecule is CC(C)Oc1ccc(NC(C)c2sccc2Br)cc1. The monoisotopic (exact) mass is 339 g/mol. The molecule has 1 aromatic heterocycles. The number of benzene rings is 1. The Morgan fingerprint density at radius 2 is 1.79 bits per heavy atom. The Hall–Kier alpha value is -1.00. The van der Waals surface area contributed by atoms with Crippen LogP contribution in [0.2, 0.25) is 0 Å². The summed E-state index contributed by atoms with van der Waals surface area (Å²) < 4.78 is 6.80. The van der Waals surface area contributed by atoms with Crippen molar-refractivity contribution >= 4 is 33.0 Å². The summed E-state index contributed by atoms with van der Waals surface area (Å²) in [6, 6.07) is 10.5. The molecule has 1 unspecified atom stereocenters. The second-order valence-electron chi connectivity index (χ2n) is 4.69. The Balaban J connectivity index is 2.01. The van der Waals surface area contributed by atoms with Gasteiger partial charge in [-0.25, -0.2) is 0 Å². The van der Waals surface area contributed by atoms with Crippen LogP contribution in [-0.2, 0) is 0 Å². The summed E-state index contributed by atoms with van der Waals surface area (Å²) in [6.07, 6.45) is 0.208. The van der Waals surface area contributed by atoms with Gasteiger partial charge in [0.1, 0.15) is 5.75 Å². The minimum absolute atomic E-state index is 0.208. The molecule has 2 aromatic rings. The molecule has 0 amide bonds. The lowest BCUT2D eigenvalue weighted by Crippen LogP contribution is -2.07. The molecule has 1 aromatic carbocycles. The van der Waals surface area contributed by atoms with Gasteiger partial charge >= 0.3 is 0 Å². The van der Waals surface area contributed by atoms with Crippen molar-refractivity contribution in [3.63, 3.8) is 0 Å². The first-order valence-corrected chi connectivity index (χ1v) is 7.99. The van der Waals surface area contributed by atoms with Crippen LogP contribution in [0.15, 0.2) is 40.2 Å². The predicted octanol–water partition coefficient (Wildman–Crippen LogP) is 5.47. The van der Waals surface area contributed by atoms with Gasteiger partial charge in [-0.3, -0.25) is 0 Å². The van der Waals surface area contributed by atoms with Crippen LogP contribution < -0.4 is 10.1 Å². The number of hydrogen-bond acceptors (Lipinski definition) is 3. The van der Waals surface area contributed by atoms with E-state index in [9.17, 15) is 0 Å². The zero-order valence-electron chi connectivity index (χ0n) is 11.3. The first-order chi connectivity index (χ1) is 9.06. The van der Waals surface area contributed by atoms with E-state index in [2.05, 4.69) is 51.7 Å². The van der Waals surface area contributed by atoms with Crippen molar-refractivity contribution in [3.05, 3.63) is 45.1 Å². The van der Waals surface area contributed by atoms with Crippen LogP contribution in [0.25, 0.3) is 0 Å². The lowest BCUT2D eigenvalue weighted by Gasteiger charge is -2.15. The summed E-state index contributed by atoms with van der Waals surface area (Å²) in [7, 11) is 0. The maximum atomic E-state index is 5.63. The molecule has 0 aliphatic carbocycles. The Morgan fingerprint density at radius 1 is 1.11 bits per heavy atom. The normalized spacial score (nSPS) is 12.5. The van der Waals surface area contributed by atoms with Crippen LogP contribution in [0.3, 0.4) is 0 Å². The summed E-state index contributed by atoms with van der Waals surface area (Å²) in [5.74, 6) is 0.908. The lowest BCUT2D eigenvalue weighted by molar-refractivity contribution is 0.242. The summed E-state index contributed by atoms with van der Waals surface area (Å²) in [4.78, 5) is 1.31. The molecule has 4 heteroatoms. The average molecular weight is 340 g/mol. The molecule has 1 heterocycles. The summed E-state index contributed by atoms with van der Waals surface area (Å²) in [5, 5.41) is 5.58. The molecule has 0 saturated heterocycles. The van der Waals surface area contributed by atoms with Gasteiger partial charge in [0.15, 0.2) is 0 Å². The van der Waals surface area contributed by atoms with E-state index >= 15 is 0 Å². The van der Waals surface area contributed by atoms with Crippen molar-refractivity contribution in [3.8, 4) is 5.75 Å². The molecular weight excluding hydrogens is 322 g/mol. The first kappa shape index (κ1) is 14.4. The number of halogens is 1. The first-order valence-electron chi connectivity index (χ1n) is 6.32. The van der Waals surface area contributed by atoms with Crippen LogP contribution in [0.5, 0.6) is 5.75 Å². The topological polar surface area (TPSA) is 21.3 Å². The zero-order chi connectivity index (χ0) is 13.8. The van der Waals surface area contributed by atoms with E-state index in [1.165, 1.54) is 4.88 Å². The molecule has 0 radical (unpaired) electrons. The third kappa shape index (κ3) is 3.98. The molecular formula is C15H18BrNOS. The fourth-order valence-corrected chi connectivity index (χ4v) is 3.56. The van der Waals surface area contributed by atoms with Gasteiger partial charge < -0.3 is 10.1 Å². The molecule has 2 rings (SSSR count). The number of nitrogens with one attached hydrogen (secondary N) is 1. The van der Waals surface area contributed by atoms with Gasteiger partial charge in [0.05, 0.1) is 12.1 Å². The maximum absolute atomic E-state index is 5.63. The molecule has 1 N–H and O–H groups in total. The van der Waals surface area contributed by atoms with E-state index in [0.29, 0.717) is 0 Å². The number of hydrogen-bond donors (Lipinski definition) is 1. The van der Waals surface area contributed by atoms with Crippen molar-refractivity contribution in [2.24, 2.45) is 0 Å². The van der Waals surface area contributed by atoms with Crippen LogP contribution in [0.4, 0.5) is 5.69 Å². The van der Waals surface area contributed by atoms with Gasteiger partial charge in [-0.15, -0.1) is 11.3 Å². The van der Waals surface area contributed by atoms with Gasteiger partial charge in [-0.1, -0.05) is 0 Å². The van der Waals surface area contributed by atoms with Gasteiger partial charge in [0, 0.05) is 15.0 Å². The Bertz CT molecular complexity index is 521. The molecule has 2 nitrogen and oxygen atoms in total. The van der Waals surface area contributed by atoms with Gasteiger partial charge in [-0.05, 0) is 72.4 Å². The molecule has 0 aliphatic heterocycles. The highest BCUT2D eigenvalue weighted by Gasteiger charge is 2.10. The fraction of sp³-hybridized carbons (Fsp3) is 0.333. The standard InChI is InChI=1S/C15H18BrNOS/c1-10(2)18-13-6-4-12(5-7-13)17-11(3)15-14(16)8-9-19-15/h4-11,17H,1-3H3. The Morgan fingerprint density at radius 3 is 2.32 bits per heavy atom.